The van der Waals surface area contributed by atoms with Crippen LogP contribution in [0.4, 0.5) is 5.69 Å². The van der Waals surface area contributed by atoms with E-state index >= 15 is 0 Å². The number of nitrogen functional groups attached to an aromatic ring is 1. The van der Waals surface area contributed by atoms with E-state index in [1.165, 1.54) is 23.3 Å². The summed E-state index contributed by atoms with van der Waals surface area (Å²) < 4.78 is 5.65. The smallest absolute Gasteiger partial charge is 0.335 e. The van der Waals surface area contributed by atoms with E-state index in [4.69, 9.17) is 15.6 Å². The Morgan fingerprint density at radius 3 is 2.35 bits per heavy atom. The standard InChI is InChI=1S/C16H17NO3/c1-10-5-11(2)7-12(6-10)9-20-15-4-3-13(16(18)19)8-14(15)17/h3-8H,9,17H2,1-2H3,(H,18,19). The molecule has 0 fully saturated rings. The molecular weight excluding hydrogens is 254 g/mol. The van der Waals surface area contributed by atoms with Crippen molar-refractivity contribution in [3.05, 3.63) is 58.7 Å². The van der Waals surface area contributed by atoms with E-state index in [1.807, 2.05) is 13.8 Å². The molecule has 0 amide bonds. The van der Waals surface area contributed by atoms with Crippen molar-refractivity contribution in [2.24, 2.45) is 0 Å². The van der Waals surface area contributed by atoms with Crippen LogP contribution in [-0.4, -0.2) is 11.1 Å². The first-order valence-corrected chi connectivity index (χ1v) is 6.28. The second kappa shape index (κ2) is 5.65. The summed E-state index contributed by atoms with van der Waals surface area (Å²) in [6.07, 6.45) is 0. The van der Waals surface area contributed by atoms with Crippen molar-refractivity contribution in [1.82, 2.24) is 0 Å². The van der Waals surface area contributed by atoms with Crippen LogP contribution in [0.3, 0.4) is 0 Å². The number of ether oxygens (including phenoxy) is 1. The molecule has 3 N–H and O–H groups in total. The zero-order chi connectivity index (χ0) is 14.7. The van der Waals surface area contributed by atoms with E-state index in [0.29, 0.717) is 18.0 Å². The summed E-state index contributed by atoms with van der Waals surface area (Å²) in [6, 6.07) is 10.7. The van der Waals surface area contributed by atoms with E-state index in [1.54, 1.807) is 6.07 Å². The van der Waals surface area contributed by atoms with Gasteiger partial charge in [0, 0.05) is 0 Å². The molecule has 2 aromatic carbocycles. The van der Waals surface area contributed by atoms with Gasteiger partial charge in [-0.2, -0.15) is 0 Å². The SMILES string of the molecule is Cc1cc(C)cc(COc2ccc(C(=O)O)cc2N)c1. The van der Waals surface area contributed by atoms with E-state index in [2.05, 4.69) is 18.2 Å². The minimum atomic E-state index is -1.00. The van der Waals surface area contributed by atoms with Crippen molar-refractivity contribution in [2.75, 3.05) is 5.73 Å². The van der Waals surface area contributed by atoms with Crippen molar-refractivity contribution >= 4 is 11.7 Å². The van der Waals surface area contributed by atoms with Crippen LogP contribution in [0.2, 0.25) is 0 Å². The number of aromatic carboxylic acids is 1. The molecule has 4 nitrogen and oxygen atoms in total. The molecule has 104 valence electrons. The summed E-state index contributed by atoms with van der Waals surface area (Å²) in [7, 11) is 0. The summed E-state index contributed by atoms with van der Waals surface area (Å²) in [5.74, 6) is -0.508. The van der Waals surface area contributed by atoms with E-state index in [9.17, 15) is 4.79 Å². The summed E-state index contributed by atoms with van der Waals surface area (Å²) >= 11 is 0. The number of carboxylic acids is 1. The molecule has 0 unspecified atom stereocenters. The van der Waals surface area contributed by atoms with Crippen LogP contribution in [0.25, 0.3) is 0 Å². The highest BCUT2D eigenvalue weighted by atomic mass is 16.5. The predicted octanol–water partition coefficient (Wildman–Crippen LogP) is 3.16. The van der Waals surface area contributed by atoms with Gasteiger partial charge in [0.25, 0.3) is 0 Å². The van der Waals surface area contributed by atoms with Gasteiger partial charge in [0.2, 0.25) is 0 Å². The maximum absolute atomic E-state index is 10.8. The number of anilines is 1. The molecule has 0 aliphatic rings. The number of benzene rings is 2. The Hall–Kier alpha value is -2.49. The molecule has 20 heavy (non-hydrogen) atoms. The highest BCUT2D eigenvalue weighted by molar-refractivity contribution is 5.89. The average Bonchev–Trinajstić information content (AvgIpc) is 2.36. The van der Waals surface area contributed by atoms with Crippen molar-refractivity contribution in [3.63, 3.8) is 0 Å². The van der Waals surface area contributed by atoms with Gasteiger partial charge in [-0.1, -0.05) is 29.3 Å². The van der Waals surface area contributed by atoms with Crippen molar-refractivity contribution < 1.29 is 14.6 Å². The molecule has 0 aliphatic carbocycles. The molecule has 4 heteroatoms. The van der Waals surface area contributed by atoms with Gasteiger partial charge in [-0.3, -0.25) is 0 Å². The number of hydrogen-bond acceptors (Lipinski definition) is 3. The minimum Gasteiger partial charge on any atom is -0.487 e. The molecule has 0 atom stereocenters. The fourth-order valence-corrected chi connectivity index (χ4v) is 2.13. The summed E-state index contributed by atoms with van der Waals surface area (Å²) in [5, 5.41) is 8.87. The lowest BCUT2D eigenvalue weighted by Gasteiger charge is -2.10. The van der Waals surface area contributed by atoms with Crippen LogP contribution < -0.4 is 10.5 Å². The van der Waals surface area contributed by atoms with E-state index in [-0.39, 0.29) is 5.56 Å². The quantitative estimate of drug-likeness (QED) is 0.838. The lowest BCUT2D eigenvalue weighted by atomic mass is 10.1. The molecule has 0 saturated carbocycles. The Morgan fingerprint density at radius 1 is 1.15 bits per heavy atom. The maximum atomic E-state index is 10.8. The molecule has 2 rings (SSSR count). The van der Waals surface area contributed by atoms with Crippen LogP contribution in [0, 0.1) is 13.8 Å². The third-order valence-electron chi connectivity index (χ3n) is 2.93. The molecule has 0 radical (unpaired) electrons. The molecule has 2 aromatic rings. The van der Waals surface area contributed by atoms with Crippen molar-refractivity contribution in [3.8, 4) is 5.75 Å². The first-order chi connectivity index (χ1) is 9.45. The number of hydrogen-bond donors (Lipinski definition) is 2. The van der Waals surface area contributed by atoms with Crippen molar-refractivity contribution in [2.45, 2.75) is 20.5 Å². The lowest BCUT2D eigenvalue weighted by Crippen LogP contribution is -2.02. The fourth-order valence-electron chi connectivity index (χ4n) is 2.13. The Bertz CT molecular complexity index is 630. The molecule has 0 aliphatic heterocycles. The van der Waals surface area contributed by atoms with Crippen LogP contribution in [0.1, 0.15) is 27.0 Å². The van der Waals surface area contributed by atoms with Gasteiger partial charge in [0.15, 0.2) is 0 Å². The van der Waals surface area contributed by atoms with Gasteiger partial charge >= 0.3 is 5.97 Å². The molecule has 0 saturated heterocycles. The van der Waals surface area contributed by atoms with Gasteiger partial charge in [-0.25, -0.2) is 4.79 Å². The minimum absolute atomic E-state index is 0.154. The highest BCUT2D eigenvalue weighted by Crippen LogP contribution is 2.24. The topological polar surface area (TPSA) is 72.5 Å². The van der Waals surface area contributed by atoms with Gasteiger partial charge < -0.3 is 15.6 Å². The van der Waals surface area contributed by atoms with E-state index < -0.39 is 5.97 Å². The third kappa shape index (κ3) is 3.29. The average molecular weight is 271 g/mol. The maximum Gasteiger partial charge on any atom is 0.335 e. The molecule has 0 aromatic heterocycles. The number of carboxylic acid groups (broad SMARTS) is 1. The number of nitrogens with two attached hydrogens (primary N) is 1. The zero-order valence-corrected chi connectivity index (χ0v) is 11.5. The first kappa shape index (κ1) is 13.9. The Balaban J connectivity index is 2.12. The van der Waals surface area contributed by atoms with Gasteiger partial charge in [0.1, 0.15) is 12.4 Å². The summed E-state index contributed by atoms with van der Waals surface area (Å²) in [6.45, 7) is 4.47. The Kier molecular flexibility index (Phi) is 3.94. The molecule has 0 spiro atoms. The predicted molar refractivity (Wildman–Crippen MR) is 78.1 cm³/mol. The van der Waals surface area contributed by atoms with Crippen LogP contribution in [-0.2, 0) is 6.61 Å². The van der Waals surface area contributed by atoms with Gasteiger partial charge in [-0.05, 0) is 37.6 Å². The Labute approximate surface area is 117 Å². The largest absolute Gasteiger partial charge is 0.487 e. The number of rotatable bonds is 4. The molecular formula is C16H17NO3. The zero-order valence-electron chi connectivity index (χ0n) is 11.5. The fraction of sp³-hybridized carbons (Fsp3) is 0.188. The molecule has 0 bridgehead atoms. The normalized spacial score (nSPS) is 10.3. The second-order valence-corrected chi connectivity index (χ2v) is 4.84. The highest BCUT2D eigenvalue weighted by Gasteiger charge is 2.07. The van der Waals surface area contributed by atoms with Crippen LogP contribution in [0.5, 0.6) is 5.75 Å². The van der Waals surface area contributed by atoms with E-state index in [0.717, 1.165) is 5.56 Å². The summed E-state index contributed by atoms with van der Waals surface area (Å²) in [4.78, 5) is 10.8. The lowest BCUT2D eigenvalue weighted by molar-refractivity contribution is 0.0697. The van der Waals surface area contributed by atoms with Gasteiger partial charge in [0.05, 0.1) is 11.3 Å². The van der Waals surface area contributed by atoms with Crippen molar-refractivity contribution in [1.29, 1.82) is 0 Å². The monoisotopic (exact) mass is 271 g/mol. The first-order valence-electron chi connectivity index (χ1n) is 6.28. The van der Waals surface area contributed by atoms with Crippen LogP contribution in [0.15, 0.2) is 36.4 Å². The Morgan fingerprint density at radius 2 is 1.80 bits per heavy atom. The number of carbonyl (C=O) groups is 1. The summed E-state index contributed by atoms with van der Waals surface area (Å²) in [5.41, 5.74) is 9.69. The van der Waals surface area contributed by atoms with Crippen LogP contribution >= 0.6 is 0 Å². The van der Waals surface area contributed by atoms with Gasteiger partial charge in [-0.15, -0.1) is 0 Å². The second-order valence-electron chi connectivity index (χ2n) is 4.84. The third-order valence-corrected chi connectivity index (χ3v) is 2.93. The molecule has 0 heterocycles. The number of aryl methyl sites for hydroxylation is 2.